The van der Waals surface area contributed by atoms with Gasteiger partial charge in [-0.1, -0.05) is 29.3 Å². The summed E-state index contributed by atoms with van der Waals surface area (Å²) in [6, 6.07) is 5.93. The van der Waals surface area contributed by atoms with Crippen LogP contribution in [-0.4, -0.2) is 6.04 Å². The van der Waals surface area contributed by atoms with Crippen LogP contribution in [0.15, 0.2) is 18.2 Å². The van der Waals surface area contributed by atoms with E-state index in [1.165, 1.54) is 5.56 Å². The van der Waals surface area contributed by atoms with Crippen LogP contribution in [0.5, 0.6) is 0 Å². The van der Waals surface area contributed by atoms with Gasteiger partial charge in [0.15, 0.2) is 0 Å². The number of nitrogens with two attached hydrogens (primary N) is 1. The first-order valence-electron chi connectivity index (χ1n) is 4.29. The van der Waals surface area contributed by atoms with Gasteiger partial charge in [-0.3, -0.25) is 0 Å². The van der Waals surface area contributed by atoms with Crippen LogP contribution in [0.25, 0.3) is 0 Å². The van der Waals surface area contributed by atoms with Crippen molar-refractivity contribution in [2.24, 2.45) is 5.73 Å². The Hall–Kier alpha value is 0.0500. The van der Waals surface area contributed by atoms with E-state index in [-0.39, 0.29) is 18.4 Å². The van der Waals surface area contributed by atoms with Gasteiger partial charge in [0, 0.05) is 6.04 Å². The molecular weight excluding hydrogens is 240 g/mol. The molecule has 0 saturated carbocycles. The van der Waals surface area contributed by atoms with Crippen LogP contribution in [0.1, 0.15) is 18.9 Å². The van der Waals surface area contributed by atoms with E-state index in [9.17, 15) is 0 Å². The molecule has 0 bridgehead atoms. The summed E-state index contributed by atoms with van der Waals surface area (Å²) in [5.41, 5.74) is 6.84. The minimum absolute atomic E-state index is 0. The third-order valence-corrected chi connectivity index (χ3v) is 2.61. The molecule has 0 spiro atoms. The zero-order valence-corrected chi connectivity index (χ0v) is 10.3. The molecule has 1 atom stereocenters. The van der Waals surface area contributed by atoms with Crippen molar-refractivity contribution in [2.45, 2.75) is 25.8 Å². The van der Waals surface area contributed by atoms with Crippen LogP contribution in [-0.2, 0) is 6.42 Å². The molecule has 0 aliphatic rings. The monoisotopic (exact) mass is 253 g/mol. The molecule has 0 heterocycles. The van der Waals surface area contributed by atoms with Crippen LogP contribution in [0.4, 0.5) is 0 Å². The number of hydrogen-bond acceptors (Lipinski definition) is 1. The van der Waals surface area contributed by atoms with Gasteiger partial charge in [-0.2, -0.15) is 0 Å². The summed E-state index contributed by atoms with van der Waals surface area (Å²) in [6.45, 7) is 2.00. The van der Waals surface area contributed by atoms with E-state index in [1.54, 1.807) is 0 Å². The van der Waals surface area contributed by atoms with Gasteiger partial charge >= 0.3 is 0 Å². The highest BCUT2D eigenvalue weighted by Gasteiger charge is 2.00. The quantitative estimate of drug-likeness (QED) is 0.875. The second kappa shape index (κ2) is 6.52. The maximum absolute atomic E-state index is 5.87. The van der Waals surface area contributed by atoms with E-state index >= 15 is 0 Å². The minimum Gasteiger partial charge on any atom is -0.328 e. The third kappa shape index (κ3) is 4.52. The summed E-state index contributed by atoms with van der Waals surface area (Å²) in [5.74, 6) is 0. The molecule has 0 unspecified atom stereocenters. The zero-order chi connectivity index (χ0) is 9.84. The van der Waals surface area contributed by atoms with Crippen LogP contribution < -0.4 is 5.73 Å². The second-order valence-electron chi connectivity index (χ2n) is 3.26. The van der Waals surface area contributed by atoms with Crippen LogP contribution in [0, 0.1) is 0 Å². The minimum atomic E-state index is 0. The molecule has 0 aromatic heterocycles. The Balaban J connectivity index is 0.00000169. The topological polar surface area (TPSA) is 26.0 Å². The molecule has 0 aliphatic carbocycles. The number of rotatable bonds is 3. The van der Waals surface area contributed by atoms with E-state index in [2.05, 4.69) is 0 Å². The molecule has 0 saturated heterocycles. The number of benzene rings is 1. The lowest BCUT2D eigenvalue weighted by Crippen LogP contribution is -2.15. The first kappa shape index (κ1) is 14.1. The first-order valence-corrected chi connectivity index (χ1v) is 5.04. The predicted molar refractivity (Wildman–Crippen MR) is 65.7 cm³/mol. The van der Waals surface area contributed by atoms with Crippen molar-refractivity contribution in [3.63, 3.8) is 0 Å². The van der Waals surface area contributed by atoms with Gasteiger partial charge in [-0.15, -0.1) is 12.4 Å². The summed E-state index contributed by atoms with van der Waals surface area (Å²) in [5, 5.41) is 1.22. The van der Waals surface area contributed by atoms with Crippen molar-refractivity contribution in [1.29, 1.82) is 0 Å². The van der Waals surface area contributed by atoms with E-state index in [0.717, 1.165) is 12.8 Å². The Kier molecular flexibility index (Phi) is 6.54. The second-order valence-corrected chi connectivity index (χ2v) is 4.08. The fourth-order valence-corrected chi connectivity index (χ4v) is 1.41. The molecule has 1 nitrogen and oxygen atoms in total. The Labute approximate surface area is 101 Å². The fourth-order valence-electron chi connectivity index (χ4n) is 1.09. The molecule has 14 heavy (non-hydrogen) atoms. The summed E-state index contributed by atoms with van der Waals surface area (Å²) in [7, 11) is 0. The number of halogens is 3. The van der Waals surface area contributed by atoms with Crippen molar-refractivity contribution < 1.29 is 0 Å². The molecule has 1 rings (SSSR count). The lowest BCUT2D eigenvalue weighted by atomic mass is 10.1. The Bertz CT molecular complexity index is 287. The standard InChI is InChI=1S/C10H13Cl2N.ClH/c1-7(13)2-3-8-4-5-9(11)10(12)6-8;/h4-7H,2-3,13H2,1H3;1H/t7-;/m1./s1. The van der Waals surface area contributed by atoms with E-state index < -0.39 is 0 Å². The van der Waals surface area contributed by atoms with Crippen LogP contribution in [0.2, 0.25) is 10.0 Å². The van der Waals surface area contributed by atoms with Crippen LogP contribution >= 0.6 is 35.6 Å². The fraction of sp³-hybridized carbons (Fsp3) is 0.400. The maximum atomic E-state index is 5.87. The van der Waals surface area contributed by atoms with Crippen molar-refractivity contribution in [1.82, 2.24) is 0 Å². The van der Waals surface area contributed by atoms with Gasteiger partial charge in [0.05, 0.1) is 10.0 Å². The van der Waals surface area contributed by atoms with Crippen molar-refractivity contribution in [3.8, 4) is 0 Å². The Morgan fingerprint density at radius 2 is 1.93 bits per heavy atom. The normalized spacial score (nSPS) is 12.0. The van der Waals surface area contributed by atoms with Gasteiger partial charge in [0.25, 0.3) is 0 Å². The lowest BCUT2D eigenvalue weighted by Gasteiger charge is -2.05. The molecule has 0 aliphatic heterocycles. The third-order valence-electron chi connectivity index (χ3n) is 1.87. The average molecular weight is 255 g/mol. The van der Waals surface area contributed by atoms with Gasteiger partial charge < -0.3 is 5.73 Å². The van der Waals surface area contributed by atoms with Crippen molar-refractivity contribution in [2.75, 3.05) is 0 Å². The lowest BCUT2D eigenvalue weighted by molar-refractivity contribution is 0.666. The highest BCUT2D eigenvalue weighted by molar-refractivity contribution is 6.42. The number of hydrogen-bond donors (Lipinski definition) is 1. The largest absolute Gasteiger partial charge is 0.328 e. The van der Waals surface area contributed by atoms with Gasteiger partial charge in [-0.25, -0.2) is 0 Å². The van der Waals surface area contributed by atoms with Crippen molar-refractivity contribution >= 4 is 35.6 Å². The highest BCUT2D eigenvalue weighted by atomic mass is 35.5. The molecule has 0 amide bonds. The Morgan fingerprint density at radius 1 is 1.29 bits per heavy atom. The van der Waals surface area contributed by atoms with Gasteiger partial charge in [0.1, 0.15) is 0 Å². The number of aryl methyl sites for hydroxylation is 1. The molecule has 1 aromatic carbocycles. The predicted octanol–water partition coefficient (Wildman–Crippen LogP) is 3.70. The summed E-state index contributed by atoms with van der Waals surface area (Å²) in [4.78, 5) is 0. The first-order chi connectivity index (χ1) is 6.09. The maximum Gasteiger partial charge on any atom is 0.0595 e. The zero-order valence-electron chi connectivity index (χ0n) is 7.97. The smallest absolute Gasteiger partial charge is 0.0595 e. The molecule has 0 radical (unpaired) electrons. The summed E-state index contributed by atoms with van der Waals surface area (Å²) in [6.07, 6.45) is 1.92. The Morgan fingerprint density at radius 3 is 2.43 bits per heavy atom. The highest BCUT2D eigenvalue weighted by Crippen LogP contribution is 2.23. The molecular formula is C10H14Cl3N. The van der Waals surface area contributed by atoms with Gasteiger partial charge in [0.2, 0.25) is 0 Å². The summed E-state index contributed by atoms with van der Waals surface area (Å²) < 4.78 is 0. The summed E-state index contributed by atoms with van der Waals surface area (Å²) >= 11 is 11.7. The molecule has 4 heteroatoms. The molecule has 2 N–H and O–H groups in total. The van der Waals surface area contributed by atoms with Crippen molar-refractivity contribution in [3.05, 3.63) is 33.8 Å². The van der Waals surface area contributed by atoms with Crippen LogP contribution in [0.3, 0.4) is 0 Å². The molecule has 80 valence electrons. The van der Waals surface area contributed by atoms with Gasteiger partial charge in [-0.05, 0) is 37.5 Å². The van der Waals surface area contributed by atoms with E-state index in [4.69, 9.17) is 28.9 Å². The molecule has 1 aromatic rings. The van der Waals surface area contributed by atoms with E-state index in [1.807, 2.05) is 25.1 Å². The molecule has 0 fully saturated rings. The van der Waals surface area contributed by atoms with E-state index in [0.29, 0.717) is 10.0 Å². The SMILES string of the molecule is C[C@@H](N)CCc1ccc(Cl)c(Cl)c1.Cl. The average Bonchev–Trinajstić information content (AvgIpc) is 2.07.